The number of nitrogens with one attached hydrogen (secondary N) is 1. The van der Waals surface area contributed by atoms with E-state index in [1.807, 2.05) is 25.1 Å². The van der Waals surface area contributed by atoms with E-state index in [4.69, 9.17) is 0 Å². The molecular weight excluding hydrogens is 316 g/mol. The molecule has 2 aliphatic heterocycles. The zero-order chi connectivity index (χ0) is 14.1. The van der Waals surface area contributed by atoms with E-state index in [1.54, 1.807) is 0 Å². The highest BCUT2D eigenvalue weighted by molar-refractivity contribution is 9.10. The van der Waals surface area contributed by atoms with Gasteiger partial charge in [0.1, 0.15) is 0 Å². The lowest BCUT2D eigenvalue weighted by Gasteiger charge is -2.35. The molecule has 0 radical (unpaired) electrons. The maximum Gasteiger partial charge on any atom is 0.251 e. The number of hydrogen-bond donors (Lipinski definition) is 1. The molecule has 3 nitrogen and oxygen atoms in total. The SMILES string of the molecule is Cc1ccc(C(=O)NC2CCN3CCCC3C2)cc1Br. The minimum absolute atomic E-state index is 0.0575. The number of aryl methyl sites for hydroxylation is 1. The Hall–Kier alpha value is -0.870. The molecule has 1 N–H and O–H groups in total. The lowest BCUT2D eigenvalue weighted by molar-refractivity contribution is 0.0896. The van der Waals surface area contributed by atoms with Gasteiger partial charge in [0.15, 0.2) is 0 Å². The van der Waals surface area contributed by atoms with Gasteiger partial charge < -0.3 is 10.2 Å². The Balaban J connectivity index is 1.62. The number of nitrogens with zero attached hydrogens (tertiary/aromatic N) is 1. The average molecular weight is 337 g/mol. The largest absolute Gasteiger partial charge is 0.349 e. The lowest BCUT2D eigenvalue weighted by Crippen LogP contribution is -2.47. The van der Waals surface area contributed by atoms with Crippen molar-refractivity contribution in [2.45, 2.75) is 44.7 Å². The molecular formula is C16H21BrN2O. The van der Waals surface area contributed by atoms with Crippen molar-refractivity contribution in [3.05, 3.63) is 33.8 Å². The fourth-order valence-corrected chi connectivity index (χ4v) is 3.74. The number of rotatable bonds is 2. The Kier molecular flexibility index (Phi) is 4.13. The Bertz CT molecular complexity index is 517. The zero-order valence-corrected chi connectivity index (χ0v) is 13.4. The van der Waals surface area contributed by atoms with Gasteiger partial charge in [-0.15, -0.1) is 0 Å². The summed E-state index contributed by atoms with van der Waals surface area (Å²) in [7, 11) is 0. The van der Waals surface area contributed by atoms with E-state index in [0.717, 1.165) is 35.0 Å². The van der Waals surface area contributed by atoms with Crippen molar-refractivity contribution in [3.63, 3.8) is 0 Å². The Morgan fingerprint density at radius 3 is 3.00 bits per heavy atom. The van der Waals surface area contributed by atoms with Crippen LogP contribution in [0.3, 0.4) is 0 Å². The third-order valence-corrected chi connectivity index (χ3v) is 5.44. The van der Waals surface area contributed by atoms with Crippen LogP contribution in [0.4, 0.5) is 0 Å². The molecule has 2 aliphatic rings. The zero-order valence-electron chi connectivity index (χ0n) is 11.9. The van der Waals surface area contributed by atoms with E-state index in [0.29, 0.717) is 12.1 Å². The van der Waals surface area contributed by atoms with Crippen molar-refractivity contribution in [1.82, 2.24) is 10.2 Å². The molecule has 2 saturated heterocycles. The highest BCUT2D eigenvalue weighted by Crippen LogP contribution is 2.27. The Morgan fingerprint density at radius 1 is 1.35 bits per heavy atom. The fourth-order valence-electron chi connectivity index (χ4n) is 3.36. The summed E-state index contributed by atoms with van der Waals surface area (Å²) in [6.07, 6.45) is 4.80. The highest BCUT2D eigenvalue weighted by Gasteiger charge is 2.32. The number of carbonyl (C=O) groups excluding carboxylic acids is 1. The normalized spacial score (nSPS) is 26.3. The molecule has 0 saturated carbocycles. The van der Waals surface area contributed by atoms with Crippen LogP contribution < -0.4 is 5.32 Å². The van der Waals surface area contributed by atoms with Gasteiger partial charge in [-0.25, -0.2) is 0 Å². The van der Waals surface area contributed by atoms with Crippen LogP contribution in [0.5, 0.6) is 0 Å². The van der Waals surface area contributed by atoms with Crippen LogP contribution in [0, 0.1) is 6.92 Å². The van der Waals surface area contributed by atoms with Crippen LogP contribution in [0.15, 0.2) is 22.7 Å². The third-order valence-electron chi connectivity index (χ3n) is 4.59. The number of piperidine rings is 1. The summed E-state index contributed by atoms with van der Waals surface area (Å²) in [5.74, 6) is 0.0575. The quantitative estimate of drug-likeness (QED) is 0.899. The van der Waals surface area contributed by atoms with E-state index in [9.17, 15) is 4.79 Å². The highest BCUT2D eigenvalue weighted by atomic mass is 79.9. The summed E-state index contributed by atoms with van der Waals surface area (Å²) in [5, 5.41) is 3.21. The molecule has 4 heteroatoms. The molecule has 0 aromatic heterocycles. The molecule has 108 valence electrons. The number of halogens is 1. The number of benzene rings is 1. The predicted octanol–water partition coefficient (Wildman–Crippen LogP) is 3.11. The van der Waals surface area contributed by atoms with Crippen LogP contribution in [0.1, 0.15) is 41.6 Å². The number of hydrogen-bond acceptors (Lipinski definition) is 2. The van der Waals surface area contributed by atoms with Crippen molar-refractivity contribution < 1.29 is 4.79 Å². The van der Waals surface area contributed by atoms with E-state index in [1.165, 1.54) is 19.4 Å². The first-order valence-corrected chi connectivity index (χ1v) is 8.24. The summed E-state index contributed by atoms with van der Waals surface area (Å²) in [5.41, 5.74) is 1.90. The maximum atomic E-state index is 12.3. The van der Waals surface area contributed by atoms with Gasteiger partial charge in [-0.2, -0.15) is 0 Å². The molecule has 2 unspecified atom stereocenters. The molecule has 1 aromatic rings. The number of carbonyl (C=O) groups is 1. The molecule has 0 aliphatic carbocycles. The molecule has 2 heterocycles. The van der Waals surface area contributed by atoms with Gasteiger partial charge in [-0.05, 0) is 56.8 Å². The summed E-state index contributed by atoms with van der Waals surface area (Å²) in [6, 6.07) is 6.83. The van der Waals surface area contributed by atoms with Crippen molar-refractivity contribution in [2.75, 3.05) is 13.1 Å². The second-order valence-electron chi connectivity index (χ2n) is 5.99. The second kappa shape index (κ2) is 5.86. The summed E-state index contributed by atoms with van der Waals surface area (Å²) < 4.78 is 0.996. The van der Waals surface area contributed by atoms with Crippen LogP contribution >= 0.6 is 15.9 Å². The van der Waals surface area contributed by atoms with Crippen molar-refractivity contribution in [2.24, 2.45) is 0 Å². The summed E-state index contributed by atoms with van der Waals surface area (Å²) in [6.45, 7) is 4.41. The van der Waals surface area contributed by atoms with Crippen LogP contribution in [0.2, 0.25) is 0 Å². The number of fused-ring (bicyclic) bond motifs is 1. The molecule has 2 atom stereocenters. The van der Waals surface area contributed by atoms with E-state index in [-0.39, 0.29) is 5.91 Å². The summed E-state index contributed by atoms with van der Waals surface area (Å²) in [4.78, 5) is 14.9. The fraction of sp³-hybridized carbons (Fsp3) is 0.562. The molecule has 2 fully saturated rings. The van der Waals surface area contributed by atoms with E-state index < -0.39 is 0 Å². The van der Waals surface area contributed by atoms with Gasteiger partial charge in [-0.1, -0.05) is 22.0 Å². The standard InChI is InChI=1S/C16H21BrN2O/c1-11-4-5-12(9-15(11)17)16(20)18-13-6-8-19-7-2-3-14(19)10-13/h4-5,9,13-14H,2-3,6-8,10H2,1H3,(H,18,20). The molecule has 0 spiro atoms. The van der Waals surface area contributed by atoms with Gasteiger partial charge in [0.05, 0.1) is 0 Å². The monoisotopic (exact) mass is 336 g/mol. The summed E-state index contributed by atoms with van der Waals surface area (Å²) >= 11 is 3.49. The molecule has 20 heavy (non-hydrogen) atoms. The van der Waals surface area contributed by atoms with Gasteiger partial charge in [-0.3, -0.25) is 4.79 Å². The molecule has 3 rings (SSSR count). The second-order valence-corrected chi connectivity index (χ2v) is 6.85. The van der Waals surface area contributed by atoms with Crippen LogP contribution in [-0.4, -0.2) is 36.0 Å². The maximum absolute atomic E-state index is 12.3. The van der Waals surface area contributed by atoms with Gasteiger partial charge >= 0.3 is 0 Å². The first-order valence-electron chi connectivity index (χ1n) is 7.44. The van der Waals surface area contributed by atoms with Crippen molar-refractivity contribution >= 4 is 21.8 Å². The molecule has 0 bridgehead atoms. The van der Waals surface area contributed by atoms with Crippen LogP contribution in [-0.2, 0) is 0 Å². The smallest absolute Gasteiger partial charge is 0.251 e. The van der Waals surface area contributed by atoms with Gasteiger partial charge in [0.25, 0.3) is 5.91 Å². The molecule has 1 aromatic carbocycles. The Morgan fingerprint density at radius 2 is 2.20 bits per heavy atom. The third kappa shape index (κ3) is 2.91. The predicted molar refractivity (Wildman–Crippen MR) is 84.0 cm³/mol. The minimum Gasteiger partial charge on any atom is -0.349 e. The topological polar surface area (TPSA) is 32.3 Å². The van der Waals surface area contributed by atoms with E-state index >= 15 is 0 Å². The lowest BCUT2D eigenvalue weighted by atomic mass is 9.97. The number of amides is 1. The first kappa shape index (κ1) is 14.1. The van der Waals surface area contributed by atoms with Gasteiger partial charge in [0.2, 0.25) is 0 Å². The van der Waals surface area contributed by atoms with Crippen molar-refractivity contribution in [1.29, 1.82) is 0 Å². The molecule has 1 amide bonds. The average Bonchev–Trinajstić information content (AvgIpc) is 2.89. The van der Waals surface area contributed by atoms with Crippen molar-refractivity contribution in [3.8, 4) is 0 Å². The Labute approximate surface area is 128 Å². The van der Waals surface area contributed by atoms with Crippen LogP contribution in [0.25, 0.3) is 0 Å². The minimum atomic E-state index is 0.0575. The van der Waals surface area contributed by atoms with Gasteiger partial charge in [0, 0.05) is 28.7 Å². The first-order chi connectivity index (χ1) is 9.63. The van der Waals surface area contributed by atoms with E-state index in [2.05, 4.69) is 26.1 Å².